The first-order chi connectivity index (χ1) is 15.6. The average molecular weight is 475 g/mol. The van der Waals surface area contributed by atoms with E-state index in [1.807, 2.05) is 0 Å². The molecule has 4 rings (SSSR count). The molecule has 0 aromatic rings. The van der Waals surface area contributed by atoms with Gasteiger partial charge in [-0.1, -0.05) is 81.6 Å². The molecule has 2 heteroatoms. The first-order valence-electron chi connectivity index (χ1n) is 14.9. The lowest BCUT2D eigenvalue weighted by atomic mass is 9.60. The Kier molecular flexibility index (Phi) is 7.41. The SMILES string of the molecule is CC(OCC1CC2CCCC(C2)C1CC(OC1CC2(C)CCC1C2(C)C)C(C)(C)C)C(C)(C)C. The highest BCUT2D eigenvalue weighted by molar-refractivity contribution is 5.10. The van der Waals surface area contributed by atoms with Crippen molar-refractivity contribution in [3.05, 3.63) is 0 Å². The summed E-state index contributed by atoms with van der Waals surface area (Å²) in [7, 11) is 0. The fraction of sp³-hybridized carbons (Fsp3) is 1.00. The van der Waals surface area contributed by atoms with E-state index in [2.05, 4.69) is 69.2 Å². The van der Waals surface area contributed by atoms with E-state index in [4.69, 9.17) is 9.47 Å². The first kappa shape index (κ1) is 27.0. The Morgan fingerprint density at radius 1 is 0.912 bits per heavy atom. The van der Waals surface area contributed by atoms with Gasteiger partial charge >= 0.3 is 0 Å². The molecule has 0 spiro atoms. The number of fused-ring (bicyclic) bond motifs is 4. The topological polar surface area (TPSA) is 18.5 Å². The van der Waals surface area contributed by atoms with Crippen LogP contribution in [0.2, 0.25) is 0 Å². The summed E-state index contributed by atoms with van der Waals surface area (Å²) >= 11 is 0. The van der Waals surface area contributed by atoms with Crippen molar-refractivity contribution < 1.29 is 9.47 Å². The predicted molar refractivity (Wildman–Crippen MR) is 144 cm³/mol. The van der Waals surface area contributed by atoms with Gasteiger partial charge in [-0.3, -0.25) is 0 Å². The van der Waals surface area contributed by atoms with Crippen LogP contribution in [0, 0.1) is 51.2 Å². The van der Waals surface area contributed by atoms with Crippen LogP contribution in [-0.2, 0) is 9.47 Å². The normalized spacial score (nSPS) is 41.5. The molecule has 4 saturated carbocycles. The van der Waals surface area contributed by atoms with Gasteiger partial charge in [0.2, 0.25) is 0 Å². The van der Waals surface area contributed by atoms with Gasteiger partial charge in [0.15, 0.2) is 0 Å². The fourth-order valence-electron chi connectivity index (χ4n) is 8.44. The van der Waals surface area contributed by atoms with E-state index in [0.29, 0.717) is 35.1 Å². The minimum Gasteiger partial charge on any atom is -0.378 e. The van der Waals surface area contributed by atoms with Crippen molar-refractivity contribution >= 4 is 0 Å². The second-order valence-electron chi connectivity index (χ2n) is 16.2. The predicted octanol–water partition coefficient (Wildman–Crippen LogP) is 8.92. The molecule has 0 saturated heterocycles. The third-order valence-electron chi connectivity index (χ3n) is 11.8. The van der Waals surface area contributed by atoms with Crippen molar-refractivity contribution in [2.75, 3.05) is 6.61 Å². The molecule has 0 amide bonds. The van der Waals surface area contributed by atoms with Crippen molar-refractivity contribution in [1.82, 2.24) is 0 Å². The lowest BCUT2D eigenvalue weighted by Crippen LogP contribution is -2.44. The van der Waals surface area contributed by atoms with Gasteiger partial charge in [-0.15, -0.1) is 0 Å². The average Bonchev–Trinajstić information content (AvgIpc) is 3.05. The highest BCUT2D eigenvalue weighted by Crippen LogP contribution is 2.66. The molecule has 4 aliphatic carbocycles. The van der Waals surface area contributed by atoms with Crippen LogP contribution in [0.15, 0.2) is 0 Å². The van der Waals surface area contributed by atoms with Crippen LogP contribution in [0.5, 0.6) is 0 Å². The highest BCUT2D eigenvalue weighted by Gasteiger charge is 2.61. The summed E-state index contributed by atoms with van der Waals surface area (Å²) in [6, 6.07) is 0. The van der Waals surface area contributed by atoms with Gasteiger partial charge in [0, 0.05) is 0 Å². The highest BCUT2D eigenvalue weighted by atomic mass is 16.5. The van der Waals surface area contributed by atoms with E-state index in [1.54, 1.807) is 0 Å². The van der Waals surface area contributed by atoms with E-state index in [-0.39, 0.29) is 10.8 Å². The maximum absolute atomic E-state index is 7.24. The Morgan fingerprint density at radius 2 is 1.62 bits per heavy atom. The summed E-state index contributed by atoms with van der Waals surface area (Å²) in [5, 5.41) is 0. The summed E-state index contributed by atoms with van der Waals surface area (Å²) < 4.78 is 13.8. The van der Waals surface area contributed by atoms with Gasteiger partial charge in [-0.2, -0.15) is 0 Å². The molecule has 0 aromatic heterocycles. The molecule has 198 valence electrons. The third kappa shape index (κ3) is 5.16. The second kappa shape index (κ2) is 9.34. The second-order valence-corrected chi connectivity index (χ2v) is 16.2. The molecular formula is C32H58O2. The van der Waals surface area contributed by atoms with Crippen molar-refractivity contribution in [1.29, 1.82) is 0 Å². The molecule has 0 N–H and O–H groups in total. The van der Waals surface area contributed by atoms with Crippen LogP contribution in [0.3, 0.4) is 0 Å². The lowest BCUT2D eigenvalue weighted by Gasteiger charge is -2.48. The minimum atomic E-state index is 0.183. The molecule has 0 aromatic carbocycles. The Morgan fingerprint density at radius 3 is 2.18 bits per heavy atom. The van der Waals surface area contributed by atoms with Crippen LogP contribution in [0.25, 0.3) is 0 Å². The Balaban J connectivity index is 1.49. The smallest absolute Gasteiger partial charge is 0.0630 e. The summed E-state index contributed by atoms with van der Waals surface area (Å²) in [6.07, 6.45) is 13.5. The molecule has 34 heavy (non-hydrogen) atoms. The summed E-state index contributed by atoms with van der Waals surface area (Å²) in [5.74, 6) is 4.02. The molecule has 4 bridgehead atoms. The zero-order chi connectivity index (χ0) is 25.1. The summed E-state index contributed by atoms with van der Waals surface area (Å²) in [4.78, 5) is 0. The van der Waals surface area contributed by atoms with E-state index in [0.717, 1.165) is 30.3 Å². The standard InChI is InChI=1S/C32H58O2/c1-21(29(2,3)4)33-20-24-17-22-12-11-13-23(16-22)25(24)18-28(30(5,6)7)34-27-19-32(10)15-14-26(27)31(32,8)9/h21-28H,11-20H2,1-10H3. The minimum absolute atomic E-state index is 0.183. The molecule has 2 nitrogen and oxygen atoms in total. The maximum Gasteiger partial charge on any atom is 0.0630 e. The fourth-order valence-corrected chi connectivity index (χ4v) is 8.44. The zero-order valence-electron chi connectivity index (χ0n) is 24.5. The molecule has 0 aliphatic heterocycles. The van der Waals surface area contributed by atoms with Crippen molar-refractivity contribution in [3.63, 3.8) is 0 Å². The van der Waals surface area contributed by atoms with Gasteiger partial charge < -0.3 is 9.47 Å². The quantitative estimate of drug-likeness (QED) is 0.366. The van der Waals surface area contributed by atoms with Gasteiger partial charge in [-0.25, -0.2) is 0 Å². The maximum atomic E-state index is 7.24. The van der Waals surface area contributed by atoms with Gasteiger partial charge in [-0.05, 0) is 96.7 Å². The van der Waals surface area contributed by atoms with Crippen LogP contribution >= 0.6 is 0 Å². The molecule has 9 atom stereocenters. The largest absolute Gasteiger partial charge is 0.378 e. The number of rotatable bonds is 7. The van der Waals surface area contributed by atoms with Crippen LogP contribution in [0.1, 0.15) is 127 Å². The third-order valence-corrected chi connectivity index (χ3v) is 11.8. The van der Waals surface area contributed by atoms with Crippen molar-refractivity contribution in [3.8, 4) is 0 Å². The van der Waals surface area contributed by atoms with Crippen molar-refractivity contribution in [2.24, 2.45) is 51.2 Å². The molecule has 4 fully saturated rings. The van der Waals surface area contributed by atoms with E-state index < -0.39 is 0 Å². The van der Waals surface area contributed by atoms with Crippen molar-refractivity contribution in [2.45, 2.75) is 145 Å². The Bertz CT molecular complexity index is 694. The molecule has 0 radical (unpaired) electrons. The molecule has 4 aliphatic rings. The van der Waals surface area contributed by atoms with Crippen LogP contribution in [0.4, 0.5) is 0 Å². The van der Waals surface area contributed by atoms with E-state index in [1.165, 1.54) is 57.8 Å². The lowest BCUT2D eigenvalue weighted by molar-refractivity contribution is -0.121. The Labute approximate surface area is 212 Å². The van der Waals surface area contributed by atoms with Gasteiger partial charge in [0.05, 0.1) is 24.9 Å². The van der Waals surface area contributed by atoms with Gasteiger partial charge in [0.1, 0.15) is 0 Å². The van der Waals surface area contributed by atoms with Gasteiger partial charge in [0.25, 0.3) is 0 Å². The first-order valence-corrected chi connectivity index (χ1v) is 14.9. The molecule has 9 unspecified atom stereocenters. The molecule has 0 heterocycles. The number of hydrogen-bond acceptors (Lipinski definition) is 2. The van der Waals surface area contributed by atoms with Crippen LogP contribution in [-0.4, -0.2) is 24.9 Å². The molecular weight excluding hydrogens is 416 g/mol. The number of ether oxygens (including phenoxy) is 2. The summed E-state index contributed by atoms with van der Waals surface area (Å²) in [5.41, 5.74) is 1.27. The summed E-state index contributed by atoms with van der Waals surface area (Å²) in [6.45, 7) is 25.0. The zero-order valence-corrected chi connectivity index (χ0v) is 24.5. The monoisotopic (exact) mass is 474 g/mol. The number of hydrogen-bond donors (Lipinski definition) is 0. The van der Waals surface area contributed by atoms with Crippen LogP contribution < -0.4 is 0 Å². The Hall–Kier alpha value is -0.0800. The van der Waals surface area contributed by atoms with E-state index >= 15 is 0 Å². The van der Waals surface area contributed by atoms with E-state index in [9.17, 15) is 0 Å².